The third kappa shape index (κ3) is 3.25. The third-order valence-electron chi connectivity index (χ3n) is 3.96. The smallest absolute Gasteiger partial charge is 0.349 e. The van der Waals surface area contributed by atoms with Crippen LogP contribution in [-0.2, 0) is 6.54 Å². The molecule has 1 amide bonds. The highest BCUT2D eigenvalue weighted by atomic mass is 79.9. The van der Waals surface area contributed by atoms with Crippen molar-refractivity contribution in [1.29, 1.82) is 0 Å². The normalized spacial score (nSPS) is 11.8. The van der Waals surface area contributed by atoms with E-state index in [2.05, 4.69) is 26.8 Å². The molecule has 0 aliphatic rings. The first kappa shape index (κ1) is 17.5. The van der Waals surface area contributed by atoms with Gasteiger partial charge in [-0.3, -0.25) is 4.79 Å². The number of terminal acetylenes is 1. The van der Waals surface area contributed by atoms with Crippen LogP contribution in [0.1, 0.15) is 10.4 Å². The summed E-state index contributed by atoms with van der Waals surface area (Å²) in [5.41, 5.74) is 0.473. The number of carbonyl (C=O) groups is 1. The minimum Gasteiger partial charge on any atom is -0.422 e. The Morgan fingerprint density at radius 1 is 1.26 bits per heavy atom. The van der Waals surface area contributed by atoms with Gasteiger partial charge in [-0.1, -0.05) is 51.4 Å². The number of aromatic nitrogens is 1. The summed E-state index contributed by atoms with van der Waals surface area (Å²) < 4.78 is 8.84. The van der Waals surface area contributed by atoms with Gasteiger partial charge in [-0.2, -0.15) is 4.99 Å². The molecule has 0 saturated carbocycles. The van der Waals surface area contributed by atoms with Gasteiger partial charge in [-0.15, -0.1) is 6.42 Å². The second-order valence-corrected chi connectivity index (χ2v) is 7.61. The van der Waals surface area contributed by atoms with Gasteiger partial charge in [0, 0.05) is 9.86 Å². The van der Waals surface area contributed by atoms with Crippen molar-refractivity contribution in [3.63, 3.8) is 0 Å². The van der Waals surface area contributed by atoms with E-state index in [1.165, 1.54) is 17.4 Å². The maximum absolute atomic E-state index is 12.7. The van der Waals surface area contributed by atoms with Gasteiger partial charge >= 0.3 is 5.63 Å². The first-order valence-corrected chi connectivity index (χ1v) is 9.52. The van der Waals surface area contributed by atoms with E-state index in [0.717, 1.165) is 14.7 Å². The lowest BCUT2D eigenvalue weighted by Crippen LogP contribution is -2.19. The van der Waals surface area contributed by atoms with Crippen LogP contribution < -0.4 is 10.4 Å². The molecule has 0 unspecified atom stereocenters. The summed E-state index contributed by atoms with van der Waals surface area (Å²) in [5.74, 6) is 1.91. The Kier molecular flexibility index (Phi) is 4.52. The lowest BCUT2D eigenvalue weighted by Gasteiger charge is -2.00. The molecule has 7 heteroatoms. The van der Waals surface area contributed by atoms with Crippen molar-refractivity contribution in [3.8, 4) is 12.3 Å². The summed E-state index contributed by atoms with van der Waals surface area (Å²) >= 11 is 4.76. The predicted octanol–water partition coefficient (Wildman–Crippen LogP) is 3.95. The second-order valence-electron chi connectivity index (χ2n) is 5.69. The van der Waals surface area contributed by atoms with Crippen molar-refractivity contribution in [1.82, 2.24) is 4.57 Å². The Morgan fingerprint density at radius 3 is 2.89 bits per heavy atom. The van der Waals surface area contributed by atoms with E-state index in [9.17, 15) is 9.59 Å². The SMILES string of the molecule is C#CCn1c(=NC(=O)c2cc3ccccc3oc2=O)sc2cc(Br)ccc21. The highest BCUT2D eigenvalue weighted by Gasteiger charge is 2.14. The van der Waals surface area contributed by atoms with Gasteiger partial charge in [0.2, 0.25) is 0 Å². The molecule has 4 rings (SSSR count). The standard InChI is InChI=1S/C20H11BrN2O3S/c1-2-9-23-15-8-7-13(21)11-17(15)27-20(23)22-18(24)14-10-12-5-3-4-6-16(12)26-19(14)25/h1,3-8,10-11H,9H2. The number of benzene rings is 2. The molecule has 4 aromatic rings. The van der Waals surface area contributed by atoms with Crippen LogP contribution in [0.25, 0.3) is 21.2 Å². The quantitative estimate of drug-likeness (QED) is 0.351. The average molecular weight is 439 g/mol. The Morgan fingerprint density at radius 2 is 2.07 bits per heavy atom. The zero-order chi connectivity index (χ0) is 19.0. The lowest BCUT2D eigenvalue weighted by atomic mass is 10.2. The van der Waals surface area contributed by atoms with Crippen molar-refractivity contribution in [2.24, 2.45) is 4.99 Å². The number of carbonyl (C=O) groups excluding carboxylic acids is 1. The van der Waals surface area contributed by atoms with E-state index in [1.54, 1.807) is 28.8 Å². The van der Waals surface area contributed by atoms with Gasteiger partial charge in [-0.25, -0.2) is 4.79 Å². The monoisotopic (exact) mass is 438 g/mol. The number of hydrogen-bond donors (Lipinski definition) is 0. The Hall–Kier alpha value is -2.95. The van der Waals surface area contributed by atoms with Gasteiger partial charge in [0.1, 0.15) is 11.1 Å². The molecule has 0 atom stereocenters. The molecule has 0 saturated heterocycles. The number of halogens is 1. The number of hydrogen-bond acceptors (Lipinski definition) is 4. The molecule has 0 N–H and O–H groups in total. The highest BCUT2D eigenvalue weighted by molar-refractivity contribution is 9.10. The van der Waals surface area contributed by atoms with Crippen LogP contribution in [-0.4, -0.2) is 10.5 Å². The summed E-state index contributed by atoms with van der Waals surface area (Å²) in [7, 11) is 0. The topological polar surface area (TPSA) is 64.6 Å². The summed E-state index contributed by atoms with van der Waals surface area (Å²) in [6.45, 7) is 0.264. The van der Waals surface area contributed by atoms with E-state index in [4.69, 9.17) is 10.8 Å². The molecule has 27 heavy (non-hydrogen) atoms. The Bertz CT molecular complexity index is 1370. The molecule has 2 aromatic carbocycles. The van der Waals surface area contributed by atoms with E-state index >= 15 is 0 Å². The molecule has 0 bridgehead atoms. The van der Waals surface area contributed by atoms with Crippen LogP contribution in [0.4, 0.5) is 0 Å². The van der Waals surface area contributed by atoms with Crippen LogP contribution in [0.3, 0.4) is 0 Å². The van der Waals surface area contributed by atoms with E-state index < -0.39 is 11.5 Å². The molecule has 2 heterocycles. The number of para-hydroxylation sites is 1. The fourth-order valence-electron chi connectivity index (χ4n) is 2.73. The molecule has 0 radical (unpaired) electrons. The maximum atomic E-state index is 12.7. The molecule has 0 aliphatic carbocycles. The number of fused-ring (bicyclic) bond motifs is 2. The average Bonchev–Trinajstić information content (AvgIpc) is 2.97. The van der Waals surface area contributed by atoms with Crippen LogP contribution in [0, 0.1) is 12.3 Å². The maximum Gasteiger partial charge on any atom is 0.349 e. The van der Waals surface area contributed by atoms with Crippen LogP contribution >= 0.6 is 27.3 Å². The zero-order valence-electron chi connectivity index (χ0n) is 13.8. The van der Waals surface area contributed by atoms with Crippen molar-refractivity contribution < 1.29 is 9.21 Å². The van der Waals surface area contributed by atoms with E-state index in [0.29, 0.717) is 15.8 Å². The van der Waals surface area contributed by atoms with Gasteiger partial charge in [0.05, 0.1) is 16.8 Å². The molecule has 5 nitrogen and oxygen atoms in total. The predicted molar refractivity (Wildman–Crippen MR) is 109 cm³/mol. The number of rotatable bonds is 2. The molecule has 0 spiro atoms. The fourth-order valence-corrected chi connectivity index (χ4v) is 4.31. The minimum atomic E-state index is -0.713. The number of amides is 1. The largest absolute Gasteiger partial charge is 0.422 e. The fraction of sp³-hybridized carbons (Fsp3) is 0.0500. The molecule has 2 aromatic heterocycles. The summed E-state index contributed by atoms with van der Waals surface area (Å²) in [6, 6.07) is 14.2. The molecule has 0 aliphatic heterocycles. The van der Waals surface area contributed by atoms with Crippen LogP contribution in [0.15, 0.2) is 67.2 Å². The Labute approximate surface area is 165 Å². The molecular formula is C20H11BrN2O3S. The van der Waals surface area contributed by atoms with Crippen LogP contribution in [0.2, 0.25) is 0 Å². The first-order chi connectivity index (χ1) is 13.1. The third-order valence-corrected chi connectivity index (χ3v) is 5.50. The van der Waals surface area contributed by atoms with Gasteiger partial charge in [-0.05, 0) is 30.3 Å². The Balaban J connectivity index is 1.90. The molecule has 132 valence electrons. The van der Waals surface area contributed by atoms with Crippen molar-refractivity contribution in [2.75, 3.05) is 0 Å². The van der Waals surface area contributed by atoms with Crippen LogP contribution in [0.5, 0.6) is 0 Å². The first-order valence-electron chi connectivity index (χ1n) is 7.91. The van der Waals surface area contributed by atoms with Crippen molar-refractivity contribution in [2.45, 2.75) is 6.54 Å². The minimum absolute atomic E-state index is 0.111. The lowest BCUT2D eigenvalue weighted by molar-refractivity contribution is 0.0994. The summed E-state index contributed by atoms with van der Waals surface area (Å²) in [6.07, 6.45) is 5.47. The van der Waals surface area contributed by atoms with Gasteiger partial charge < -0.3 is 8.98 Å². The molecule has 0 fully saturated rings. The summed E-state index contributed by atoms with van der Waals surface area (Å²) in [4.78, 5) is 29.5. The van der Waals surface area contributed by atoms with E-state index in [-0.39, 0.29) is 12.1 Å². The second kappa shape index (κ2) is 6.99. The molecular weight excluding hydrogens is 428 g/mol. The van der Waals surface area contributed by atoms with Crippen molar-refractivity contribution >= 4 is 54.4 Å². The van der Waals surface area contributed by atoms with E-state index in [1.807, 2.05) is 18.2 Å². The van der Waals surface area contributed by atoms with Gasteiger partial charge in [0.25, 0.3) is 5.91 Å². The number of thiazole rings is 1. The van der Waals surface area contributed by atoms with Gasteiger partial charge in [0.15, 0.2) is 4.80 Å². The number of nitrogens with zero attached hydrogens (tertiary/aromatic N) is 2. The summed E-state index contributed by atoms with van der Waals surface area (Å²) in [5, 5.41) is 0.660. The van der Waals surface area contributed by atoms with Crippen molar-refractivity contribution in [3.05, 3.63) is 73.8 Å². The zero-order valence-corrected chi connectivity index (χ0v) is 16.2. The highest BCUT2D eigenvalue weighted by Crippen LogP contribution is 2.22.